The molecule has 116 valence electrons. The molecule has 0 spiro atoms. The highest BCUT2D eigenvalue weighted by Gasteiger charge is 2.22. The molecule has 0 saturated carbocycles. The van der Waals surface area contributed by atoms with Crippen molar-refractivity contribution in [2.45, 2.75) is 19.3 Å². The molecular weight excluding hydrogens is 286 g/mol. The summed E-state index contributed by atoms with van der Waals surface area (Å²) >= 11 is 0. The van der Waals surface area contributed by atoms with E-state index in [0.717, 1.165) is 21.9 Å². The molecule has 1 atom stereocenters. The molecule has 3 nitrogen and oxygen atoms in total. The van der Waals surface area contributed by atoms with Gasteiger partial charge >= 0.3 is 5.97 Å². The number of hydrogen-bond donors (Lipinski definition) is 0. The number of carbonyl (C=O) groups excluding carboxylic acids is 1. The number of rotatable bonds is 5. The smallest absolute Gasteiger partial charge is 0.313 e. The minimum Gasteiger partial charge on any atom is -0.466 e. The summed E-state index contributed by atoms with van der Waals surface area (Å²) in [4.78, 5) is 16.5. The van der Waals surface area contributed by atoms with Gasteiger partial charge in [-0.25, -0.2) is 0 Å². The molecular formula is C20H19NO2. The highest BCUT2D eigenvalue weighted by atomic mass is 16.5. The number of hydrogen-bond acceptors (Lipinski definition) is 3. The lowest BCUT2D eigenvalue weighted by molar-refractivity contribution is -0.144. The van der Waals surface area contributed by atoms with Crippen LogP contribution >= 0.6 is 0 Å². The Morgan fingerprint density at radius 2 is 1.91 bits per heavy atom. The second-order valence-corrected chi connectivity index (χ2v) is 5.48. The molecule has 0 aliphatic heterocycles. The average molecular weight is 305 g/mol. The Balaban J connectivity index is 1.91. The average Bonchev–Trinajstić information content (AvgIpc) is 2.60. The van der Waals surface area contributed by atoms with Gasteiger partial charge in [-0.3, -0.25) is 9.78 Å². The van der Waals surface area contributed by atoms with E-state index < -0.39 is 0 Å². The largest absolute Gasteiger partial charge is 0.466 e. The van der Waals surface area contributed by atoms with Gasteiger partial charge in [0.15, 0.2) is 0 Å². The molecule has 3 aromatic rings. The summed E-state index contributed by atoms with van der Waals surface area (Å²) in [6.45, 7) is 2.23. The van der Waals surface area contributed by atoms with Crippen LogP contribution in [0.5, 0.6) is 0 Å². The van der Waals surface area contributed by atoms with E-state index in [2.05, 4.69) is 23.2 Å². The second-order valence-electron chi connectivity index (χ2n) is 5.48. The fourth-order valence-corrected chi connectivity index (χ4v) is 2.76. The lowest BCUT2D eigenvalue weighted by Crippen LogP contribution is -2.18. The normalized spacial score (nSPS) is 12.0. The highest BCUT2D eigenvalue weighted by Crippen LogP contribution is 2.24. The number of nitrogens with zero attached hydrogens (tertiary/aromatic N) is 1. The third-order valence-electron chi connectivity index (χ3n) is 3.92. The van der Waals surface area contributed by atoms with Gasteiger partial charge in [0.2, 0.25) is 0 Å². The van der Waals surface area contributed by atoms with Crippen molar-refractivity contribution < 1.29 is 9.53 Å². The lowest BCUT2D eigenvalue weighted by atomic mass is 9.91. The van der Waals surface area contributed by atoms with E-state index in [-0.39, 0.29) is 11.9 Å². The van der Waals surface area contributed by atoms with Gasteiger partial charge in [0.1, 0.15) is 0 Å². The van der Waals surface area contributed by atoms with E-state index in [1.165, 1.54) is 0 Å². The molecule has 23 heavy (non-hydrogen) atoms. The first-order valence-electron chi connectivity index (χ1n) is 7.82. The Bertz CT molecular complexity index is 799. The summed E-state index contributed by atoms with van der Waals surface area (Å²) in [6, 6.07) is 18.0. The summed E-state index contributed by atoms with van der Waals surface area (Å²) in [5.41, 5.74) is 2.09. The van der Waals surface area contributed by atoms with Crippen molar-refractivity contribution in [3.63, 3.8) is 0 Å². The predicted octanol–water partition coefficient (Wildman–Crippen LogP) is 4.12. The van der Waals surface area contributed by atoms with E-state index in [9.17, 15) is 4.79 Å². The maximum absolute atomic E-state index is 12.4. The number of fused-ring (bicyclic) bond motifs is 1. The van der Waals surface area contributed by atoms with Gasteiger partial charge in [0.25, 0.3) is 0 Å². The van der Waals surface area contributed by atoms with Crippen molar-refractivity contribution in [1.29, 1.82) is 0 Å². The highest BCUT2D eigenvalue weighted by molar-refractivity contribution is 5.83. The molecule has 1 heterocycles. The van der Waals surface area contributed by atoms with Crippen LogP contribution in [0.3, 0.4) is 0 Å². The molecule has 0 aliphatic carbocycles. The molecule has 0 radical (unpaired) electrons. The van der Waals surface area contributed by atoms with Gasteiger partial charge in [-0.2, -0.15) is 0 Å². The van der Waals surface area contributed by atoms with Crippen LogP contribution < -0.4 is 0 Å². The van der Waals surface area contributed by atoms with Crippen LogP contribution in [0.15, 0.2) is 67.0 Å². The summed E-state index contributed by atoms with van der Waals surface area (Å²) in [6.07, 6.45) is 4.25. The summed E-state index contributed by atoms with van der Waals surface area (Å²) < 4.78 is 5.27. The van der Waals surface area contributed by atoms with E-state index in [1.54, 1.807) is 6.20 Å². The van der Waals surface area contributed by atoms with Crippen LogP contribution in [0.4, 0.5) is 0 Å². The third kappa shape index (κ3) is 3.57. The molecule has 1 aromatic heterocycles. The Morgan fingerprint density at radius 1 is 1.09 bits per heavy atom. The van der Waals surface area contributed by atoms with E-state index in [0.29, 0.717) is 13.0 Å². The van der Waals surface area contributed by atoms with Crippen molar-refractivity contribution in [2.75, 3.05) is 6.61 Å². The van der Waals surface area contributed by atoms with Gasteiger partial charge in [-0.05, 0) is 42.0 Å². The SMILES string of the molecule is CCOC(=O)C(Cc1ccc2ccncc2c1)c1ccccc1. The molecule has 0 aliphatic rings. The maximum Gasteiger partial charge on any atom is 0.313 e. The first kappa shape index (κ1) is 15.2. The Morgan fingerprint density at radius 3 is 2.70 bits per heavy atom. The minimum absolute atomic E-state index is 0.176. The zero-order valence-electron chi connectivity index (χ0n) is 13.1. The van der Waals surface area contributed by atoms with Crippen molar-refractivity contribution in [3.8, 4) is 0 Å². The topological polar surface area (TPSA) is 39.2 Å². The molecule has 3 heteroatoms. The van der Waals surface area contributed by atoms with Gasteiger partial charge in [-0.1, -0.05) is 42.5 Å². The zero-order valence-corrected chi connectivity index (χ0v) is 13.1. The molecule has 0 saturated heterocycles. The van der Waals surface area contributed by atoms with Crippen LogP contribution in [0.1, 0.15) is 24.0 Å². The van der Waals surface area contributed by atoms with E-state index in [4.69, 9.17) is 4.74 Å². The molecule has 2 aromatic carbocycles. The van der Waals surface area contributed by atoms with Crippen molar-refractivity contribution in [1.82, 2.24) is 4.98 Å². The number of aromatic nitrogens is 1. The molecule has 0 amide bonds. The molecule has 3 rings (SSSR count). The first-order chi connectivity index (χ1) is 11.3. The Kier molecular flexibility index (Phi) is 4.67. The van der Waals surface area contributed by atoms with E-state index >= 15 is 0 Å². The Hall–Kier alpha value is -2.68. The second kappa shape index (κ2) is 7.05. The predicted molar refractivity (Wildman–Crippen MR) is 91.3 cm³/mol. The fourth-order valence-electron chi connectivity index (χ4n) is 2.76. The number of ether oxygens (including phenoxy) is 1. The zero-order chi connectivity index (χ0) is 16.1. The van der Waals surface area contributed by atoms with E-state index in [1.807, 2.05) is 49.5 Å². The molecule has 0 fully saturated rings. The number of carbonyl (C=O) groups is 1. The summed E-state index contributed by atoms with van der Waals surface area (Å²) in [5.74, 6) is -0.463. The number of pyridine rings is 1. The van der Waals surface area contributed by atoms with Crippen LogP contribution in [-0.4, -0.2) is 17.6 Å². The molecule has 0 bridgehead atoms. The molecule has 1 unspecified atom stereocenters. The fraction of sp³-hybridized carbons (Fsp3) is 0.200. The summed E-state index contributed by atoms with van der Waals surface area (Å²) in [7, 11) is 0. The third-order valence-corrected chi connectivity index (χ3v) is 3.92. The van der Waals surface area contributed by atoms with Crippen molar-refractivity contribution >= 4 is 16.7 Å². The van der Waals surface area contributed by atoms with Gasteiger partial charge < -0.3 is 4.74 Å². The van der Waals surface area contributed by atoms with Gasteiger partial charge in [0.05, 0.1) is 12.5 Å². The van der Waals surface area contributed by atoms with Crippen LogP contribution in [0.2, 0.25) is 0 Å². The minimum atomic E-state index is -0.287. The summed E-state index contributed by atoms with van der Waals surface area (Å²) in [5, 5.41) is 2.23. The van der Waals surface area contributed by atoms with Crippen molar-refractivity contribution in [2.24, 2.45) is 0 Å². The number of esters is 1. The Labute approximate surface area is 135 Å². The van der Waals surface area contributed by atoms with Crippen molar-refractivity contribution in [3.05, 3.63) is 78.1 Å². The monoisotopic (exact) mass is 305 g/mol. The van der Waals surface area contributed by atoms with Gasteiger partial charge in [0, 0.05) is 17.8 Å². The first-order valence-corrected chi connectivity index (χ1v) is 7.82. The van der Waals surface area contributed by atoms with Crippen LogP contribution in [0, 0.1) is 0 Å². The van der Waals surface area contributed by atoms with Gasteiger partial charge in [-0.15, -0.1) is 0 Å². The lowest BCUT2D eigenvalue weighted by Gasteiger charge is -2.16. The van der Waals surface area contributed by atoms with Crippen LogP contribution in [0.25, 0.3) is 10.8 Å². The number of benzene rings is 2. The quantitative estimate of drug-likeness (QED) is 0.665. The maximum atomic E-state index is 12.4. The standard InChI is InChI=1S/C20H19NO2/c1-2-23-20(22)19(17-6-4-3-5-7-17)13-15-8-9-16-10-11-21-14-18(16)12-15/h3-12,14,19H,2,13H2,1H3. The van der Waals surface area contributed by atoms with Crippen LogP contribution in [-0.2, 0) is 16.0 Å². The molecule has 0 N–H and O–H groups in total.